The quantitative estimate of drug-likeness (QED) is 0.443. The minimum absolute atomic E-state index is 0.00729. The summed E-state index contributed by atoms with van der Waals surface area (Å²) in [5, 5.41) is 19.5. The van der Waals surface area contributed by atoms with Crippen LogP contribution in [-0.2, 0) is 6.61 Å². The highest BCUT2D eigenvalue weighted by Gasteiger charge is 2.29. The summed E-state index contributed by atoms with van der Waals surface area (Å²) >= 11 is 0. The third kappa shape index (κ3) is 4.93. The smallest absolute Gasteiger partial charge is 0.150 e. The average molecular weight is 472 g/mol. The molecule has 0 aromatic heterocycles. The number of fused-ring (bicyclic) bond motifs is 1. The van der Waals surface area contributed by atoms with Crippen molar-refractivity contribution in [1.29, 1.82) is 0 Å². The van der Waals surface area contributed by atoms with E-state index < -0.39 is 0 Å². The van der Waals surface area contributed by atoms with Gasteiger partial charge in [-0.2, -0.15) is 0 Å². The number of rotatable bonds is 8. The van der Waals surface area contributed by atoms with Crippen LogP contribution in [0.3, 0.4) is 0 Å². The molecule has 1 atom stereocenters. The maximum atomic E-state index is 10.1. The molecule has 2 aliphatic heterocycles. The lowest BCUT2D eigenvalue weighted by molar-refractivity contribution is 0.0806. The number of nitrogens with zero attached hydrogens (tertiary/aromatic N) is 1. The van der Waals surface area contributed by atoms with Crippen LogP contribution in [-0.4, -0.2) is 41.4 Å². The van der Waals surface area contributed by atoms with E-state index >= 15 is 0 Å². The van der Waals surface area contributed by atoms with Crippen molar-refractivity contribution in [2.75, 3.05) is 26.2 Å². The molecule has 0 radical (unpaired) electrons. The number of aliphatic hydroxyl groups excluding tert-OH is 1. The summed E-state index contributed by atoms with van der Waals surface area (Å²) in [4.78, 5) is 2.44. The third-order valence-electron chi connectivity index (χ3n) is 7.19. The zero-order chi connectivity index (χ0) is 24.4. The largest absolute Gasteiger partial charge is 0.508 e. The van der Waals surface area contributed by atoms with E-state index in [1.54, 1.807) is 12.1 Å². The summed E-state index contributed by atoms with van der Waals surface area (Å²) < 4.78 is 12.5. The van der Waals surface area contributed by atoms with E-state index in [-0.39, 0.29) is 18.5 Å². The highest BCUT2D eigenvalue weighted by molar-refractivity contribution is 5.95. The van der Waals surface area contributed by atoms with Crippen molar-refractivity contribution in [2.24, 2.45) is 5.92 Å². The molecule has 5 nitrogen and oxygen atoms in total. The van der Waals surface area contributed by atoms with Crippen LogP contribution in [0, 0.1) is 5.92 Å². The standard InChI is InChI=1S/C30H33NO4/c1-3-21-17-31(18-21)14-15-34-26-11-8-24(9-12-26)30-29(23-6-4-22(19-32)5-7-23)20(2)27-16-25(33)10-13-28(27)35-30/h4-13,16,21,30,32-33H,3,14-15,17-19H2,1-2H3/t30-/m1/s1. The number of likely N-dealkylation sites (tertiary alicyclic amines) is 1. The molecule has 0 bridgehead atoms. The van der Waals surface area contributed by atoms with Crippen molar-refractivity contribution in [3.63, 3.8) is 0 Å². The highest BCUT2D eigenvalue weighted by atomic mass is 16.5. The van der Waals surface area contributed by atoms with Crippen LogP contribution < -0.4 is 9.47 Å². The second-order valence-corrected chi connectivity index (χ2v) is 9.52. The predicted molar refractivity (Wildman–Crippen MR) is 138 cm³/mol. The summed E-state index contributed by atoms with van der Waals surface area (Å²) in [5.41, 5.74) is 5.92. The fourth-order valence-electron chi connectivity index (χ4n) is 4.98. The van der Waals surface area contributed by atoms with Gasteiger partial charge in [-0.3, -0.25) is 4.90 Å². The number of hydrogen-bond donors (Lipinski definition) is 2. The molecule has 3 aromatic carbocycles. The number of ether oxygens (including phenoxy) is 2. The lowest BCUT2D eigenvalue weighted by atomic mass is 9.86. The van der Waals surface area contributed by atoms with Gasteiger partial charge in [0.2, 0.25) is 0 Å². The molecular weight excluding hydrogens is 438 g/mol. The van der Waals surface area contributed by atoms with Crippen LogP contribution in [0.4, 0.5) is 0 Å². The second-order valence-electron chi connectivity index (χ2n) is 9.52. The predicted octanol–water partition coefficient (Wildman–Crippen LogP) is 5.67. The van der Waals surface area contributed by atoms with E-state index in [1.807, 2.05) is 42.5 Å². The number of benzene rings is 3. The number of aliphatic hydroxyl groups is 1. The monoisotopic (exact) mass is 471 g/mol. The molecule has 182 valence electrons. The summed E-state index contributed by atoms with van der Waals surface area (Å²) in [6, 6.07) is 21.3. The minimum Gasteiger partial charge on any atom is -0.508 e. The molecule has 1 saturated heterocycles. The molecule has 2 heterocycles. The zero-order valence-corrected chi connectivity index (χ0v) is 20.4. The van der Waals surface area contributed by atoms with E-state index in [9.17, 15) is 10.2 Å². The molecule has 0 spiro atoms. The lowest BCUT2D eigenvalue weighted by Gasteiger charge is -2.38. The number of aromatic hydroxyl groups is 1. The van der Waals surface area contributed by atoms with Crippen molar-refractivity contribution >= 4 is 11.1 Å². The molecule has 2 aliphatic rings. The average Bonchev–Trinajstić information content (AvgIpc) is 2.86. The van der Waals surface area contributed by atoms with Crippen LogP contribution in [0.2, 0.25) is 0 Å². The van der Waals surface area contributed by atoms with Crippen LogP contribution in [0.25, 0.3) is 11.1 Å². The topological polar surface area (TPSA) is 62.2 Å². The van der Waals surface area contributed by atoms with Gasteiger partial charge >= 0.3 is 0 Å². The normalized spacial score (nSPS) is 18.1. The third-order valence-corrected chi connectivity index (χ3v) is 7.19. The van der Waals surface area contributed by atoms with Crippen LogP contribution in [0.1, 0.15) is 48.6 Å². The number of allylic oxidation sites excluding steroid dienone is 1. The molecule has 0 unspecified atom stereocenters. The van der Waals surface area contributed by atoms with Gasteiger partial charge in [0.25, 0.3) is 0 Å². The first-order valence-corrected chi connectivity index (χ1v) is 12.4. The number of phenols is 1. The van der Waals surface area contributed by atoms with Gasteiger partial charge in [0.05, 0.1) is 6.61 Å². The van der Waals surface area contributed by atoms with Gasteiger partial charge in [0.1, 0.15) is 30.0 Å². The zero-order valence-electron chi connectivity index (χ0n) is 20.4. The van der Waals surface area contributed by atoms with E-state index in [0.717, 1.165) is 57.4 Å². The Balaban J connectivity index is 1.38. The Morgan fingerprint density at radius 3 is 2.43 bits per heavy atom. The first kappa shape index (κ1) is 23.5. The maximum absolute atomic E-state index is 10.1. The molecule has 0 saturated carbocycles. The molecule has 2 N–H and O–H groups in total. The van der Waals surface area contributed by atoms with Crippen molar-refractivity contribution in [1.82, 2.24) is 4.90 Å². The van der Waals surface area contributed by atoms with Crippen LogP contribution >= 0.6 is 0 Å². The molecular formula is C30H33NO4. The van der Waals surface area contributed by atoms with Gasteiger partial charge < -0.3 is 19.7 Å². The van der Waals surface area contributed by atoms with Gasteiger partial charge in [-0.25, -0.2) is 0 Å². The molecule has 3 aromatic rings. The Morgan fingerprint density at radius 2 is 1.74 bits per heavy atom. The van der Waals surface area contributed by atoms with Gasteiger partial charge in [-0.15, -0.1) is 0 Å². The van der Waals surface area contributed by atoms with Gasteiger partial charge in [0.15, 0.2) is 0 Å². The molecule has 5 rings (SSSR count). The number of hydrogen-bond acceptors (Lipinski definition) is 5. The first-order valence-electron chi connectivity index (χ1n) is 12.4. The van der Waals surface area contributed by atoms with Crippen molar-refractivity contribution in [3.05, 3.63) is 89.0 Å². The molecule has 5 heteroatoms. The van der Waals surface area contributed by atoms with Crippen molar-refractivity contribution < 1.29 is 19.7 Å². The molecule has 35 heavy (non-hydrogen) atoms. The SMILES string of the molecule is CCC1CN(CCOc2ccc([C@H]3Oc4ccc(O)cc4C(C)=C3c3ccc(CO)cc3)cc2)C1. The van der Waals surface area contributed by atoms with E-state index in [2.05, 4.69) is 30.9 Å². The molecule has 0 amide bonds. The van der Waals surface area contributed by atoms with Crippen molar-refractivity contribution in [3.8, 4) is 17.2 Å². The fraction of sp³-hybridized carbons (Fsp3) is 0.333. The van der Waals surface area contributed by atoms with Gasteiger partial charge in [-0.1, -0.05) is 49.7 Å². The van der Waals surface area contributed by atoms with E-state index in [4.69, 9.17) is 9.47 Å². The molecule has 1 fully saturated rings. The van der Waals surface area contributed by atoms with E-state index in [0.29, 0.717) is 6.61 Å². The lowest BCUT2D eigenvalue weighted by Crippen LogP contribution is -2.47. The van der Waals surface area contributed by atoms with E-state index in [1.165, 1.54) is 19.5 Å². The molecule has 0 aliphatic carbocycles. The Morgan fingerprint density at radius 1 is 1.00 bits per heavy atom. The van der Waals surface area contributed by atoms with Crippen LogP contribution in [0.15, 0.2) is 66.7 Å². The Kier molecular flexibility index (Phi) is 6.80. The summed E-state index contributed by atoms with van der Waals surface area (Å²) in [5.74, 6) is 2.67. The fourth-order valence-corrected chi connectivity index (χ4v) is 4.98. The Hall–Kier alpha value is -3.28. The maximum Gasteiger partial charge on any atom is 0.150 e. The number of phenolic OH excluding ortho intramolecular Hbond substituents is 1. The highest BCUT2D eigenvalue weighted by Crippen LogP contribution is 2.47. The summed E-state index contributed by atoms with van der Waals surface area (Å²) in [7, 11) is 0. The summed E-state index contributed by atoms with van der Waals surface area (Å²) in [6.45, 7) is 8.35. The Labute approximate surface area is 207 Å². The first-order chi connectivity index (χ1) is 17.1. The minimum atomic E-state index is -0.298. The van der Waals surface area contributed by atoms with Gasteiger partial charge in [0, 0.05) is 30.8 Å². The van der Waals surface area contributed by atoms with Crippen LogP contribution in [0.5, 0.6) is 17.2 Å². The second kappa shape index (κ2) is 10.1. The van der Waals surface area contributed by atoms with Crippen molar-refractivity contribution in [2.45, 2.75) is 33.0 Å². The van der Waals surface area contributed by atoms with Gasteiger partial charge in [-0.05, 0) is 65.4 Å². The summed E-state index contributed by atoms with van der Waals surface area (Å²) in [6.07, 6.45) is 0.961. The Bertz CT molecular complexity index is 1190.